The lowest BCUT2D eigenvalue weighted by molar-refractivity contribution is -0.164. The molecule has 1 amide bonds. The Kier molecular flexibility index (Phi) is 10.5. The molecule has 0 saturated heterocycles. The molecule has 0 bridgehead atoms. The minimum atomic E-state index is -4.88. The molecule has 2 unspecified atom stereocenters. The van der Waals surface area contributed by atoms with Crippen LogP contribution in [0.5, 0.6) is 5.88 Å². The number of ether oxygens (including phenoxy) is 1. The molecule has 0 spiro atoms. The molecule has 0 saturated carbocycles. The Balaban J connectivity index is 2.34. The van der Waals surface area contributed by atoms with Crippen LogP contribution < -0.4 is 14.8 Å². The van der Waals surface area contributed by atoms with Crippen molar-refractivity contribution in [1.82, 2.24) is 10.3 Å². The van der Waals surface area contributed by atoms with Crippen molar-refractivity contribution >= 4 is 21.6 Å². The fraction of sp³-hybridized carbons (Fsp3) is 0.538. The highest BCUT2D eigenvalue weighted by Crippen LogP contribution is 2.38. The summed E-state index contributed by atoms with van der Waals surface area (Å²) in [5.74, 6) is -2.89. The molecule has 1 aromatic heterocycles. The first-order valence-corrected chi connectivity index (χ1v) is 14.1. The molecule has 0 aliphatic heterocycles. The van der Waals surface area contributed by atoms with Gasteiger partial charge in [-0.3, -0.25) is 9.52 Å². The van der Waals surface area contributed by atoms with Gasteiger partial charge in [-0.25, -0.2) is 17.8 Å². The molecule has 12 heteroatoms. The van der Waals surface area contributed by atoms with Crippen LogP contribution in [0.1, 0.15) is 70.5 Å². The predicted octanol–water partition coefficient (Wildman–Crippen LogP) is 5.96. The SMILES string of the molecule is CC(C)CC(CC(C)C)Oc1ncccc1C(NC(=O)C(C)c1ccc(NS(C)(=O)=O)c(F)c1)C(F)(F)F. The van der Waals surface area contributed by atoms with E-state index in [9.17, 15) is 30.8 Å². The Labute approximate surface area is 221 Å². The number of hydrogen-bond acceptors (Lipinski definition) is 5. The predicted molar refractivity (Wildman–Crippen MR) is 138 cm³/mol. The maximum Gasteiger partial charge on any atom is 0.413 e. The van der Waals surface area contributed by atoms with Crippen LogP contribution in [0.3, 0.4) is 0 Å². The van der Waals surface area contributed by atoms with Gasteiger partial charge in [0.2, 0.25) is 21.8 Å². The van der Waals surface area contributed by atoms with E-state index >= 15 is 0 Å². The van der Waals surface area contributed by atoms with Crippen molar-refractivity contribution < 1.29 is 35.5 Å². The number of aromatic nitrogens is 1. The summed E-state index contributed by atoms with van der Waals surface area (Å²) in [4.78, 5) is 17.0. The van der Waals surface area contributed by atoms with E-state index < -0.39 is 39.9 Å². The zero-order valence-corrected chi connectivity index (χ0v) is 23.1. The number of anilines is 1. The van der Waals surface area contributed by atoms with Gasteiger partial charge in [-0.2, -0.15) is 13.2 Å². The third-order valence-electron chi connectivity index (χ3n) is 5.65. The van der Waals surface area contributed by atoms with Crippen molar-refractivity contribution in [2.24, 2.45) is 11.8 Å². The van der Waals surface area contributed by atoms with Crippen LogP contribution >= 0.6 is 0 Å². The smallest absolute Gasteiger partial charge is 0.413 e. The van der Waals surface area contributed by atoms with Gasteiger partial charge in [-0.05, 0) is 61.4 Å². The quantitative estimate of drug-likeness (QED) is 0.312. The summed E-state index contributed by atoms with van der Waals surface area (Å²) < 4.78 is 87.8. The van der Waals surface area contributed by atoms with Crippen LogP contribution in [-0.2, 0) is 14.8 Å². The summed E-state index contributed by atoms with van der Waals surface area (Å²) in [6.07, 6.45) is -1.84. The second-order valence-electron chi connectivity index (χ2n) is 10.2. The largest absolute Gasteiger partial charge is 0.474 e. The number of carbonyl (C=O) groups excluding carboxylic acids is 1. The van der Waals surface area contributed by atoms with Crippen molar-refractivity contribution in [1.29, 1.82) is 0 Å². The van der Waals surface area contributed by atoms with Crippen LogP contribution in [-0.4, -0.2) is 37.8 Å². The van der Waals surface area contributed by atoms with Gasteiger partial charge in [-0.15, -0.1) is 0 Å². The number of halogens is 4. The number of sulfonamides is 1. The van der Waals surface area contributed by atoms with E-state index in [-0.39, 0.29) is 40.6 Å². The number of amides is 1. The van der Waals surface area contributed by atoms with E-state index in [0.717, 1.165) is 18.4 Å². The van der Waals surface area contributed by atoms with E-state index in [0.29, 0.717) is 12.8 Å². The first kappa shape index (κ1) is 31.3. The lowest BCUT2D eigenvalue weighted by Crippen LogP contribution is -2.40. The average molecular weight is 562 g/mol. The molecule has 1 aromatic carbocycles. The van der Waals surface area contributed by atoms with Crippen molar-refractivity contribution in [2.75, 3.05) is 11.0 Å². The highest BCUT2D eigenvalue weighted by Gasteiger charge is 2.44. The number of nitrogens with zero attached hydrogens (tertiary/aromatic N) is 1. The van der Waals surface area contributed by atoms with Crippen LogP contribution in [0.15, 0.2) is 36.5 Å². The third-order valence-corrected chi connectivity index (χ3v) is 6.24. The molecule has 2 atom stereocenters. The highest BCUT2D eigenvalue weighted by atomic mass is 32.2. The van der Waals surface area contributed by atoms with E-state index in [1.807, 2.05) is 37.7 Å². The molecule has 0 aliphatic carbocycles. The fourth-order valence-corrected chi connectivity index (χ4v) is 4.53. The third kappa shape index (κ3) is 9.45. The van der Waals surface area contributed by atoms with Gasteiger partial charge in [0, 0.05) is 11.8 Å². The molecule has 2 N–H and O–H groups in total. The molecule has 38 heavy (non-hydrogen) atoms. The van der Waals surface area contributed by atoms with Gasteiger partial charge in [0.25, 0.3) is 0 Å². The maximum absolute atomic E-state index is 14.4. The van der Waals surface area contributed by atoms with Gasteiger partial charge in [-0.1, -0.05) is 33.8 Å². The van der Waals surface area contributed by atoms with Crippen LogP contribution in [0, 0.1) is 17.7 Å². The second kappa shape index (κ2) is 12.8. The van der Waals surface area contributed by atoms with E-state index in [4.69, 9.17) is 4.74 Å². The molecular weight excluding hydrogens is 526 g/mol. The summed E-state index contributed by atoms with van der Waals surface area (Å²) in [6.45, 7) is 9.28. The average Bonchev–Trinajstić information content (AvgIpc) is 2.76. The monoisotopic (exact) mass is 561 g/mol. The Morgan fingerprint density at radius 2 is 1.66 bits per heavy atom. The molecule has 2 rings (SSSR count). The van der Waals surface area contributed by atoms with Crippen LogP contribution in [0.25, 0.3) is 0 Å². The summed E-state index contributed by atoms with van der Waals surface area (Å²) >= 11 is 0. The molecule has 0 fully saturated rings. The lowest BCUT2D eigenvalue weighted by Gasteiger charge is -2.27. The number of rotatable bonds is 12. The van der Waals surface area contributed by atoms with Crippen LogP contribution in [0.4, 0.5) is 23.2 Å². The molecule has 7 nitrogen and oxygen atoms in total. The minimum absolute atomic E-state index is 0.0663. The van der Waals surface area contributed by atoms with Crippen molar-refractivity contribution in [3.8, 4) is 5.88 Å². The summed E-state index contributed by atoms with van der Waals surface area (Å²) in [5.41, 5.74) is -0.611. The molecule has 0 aliphatic rings. The maximum atomic E-state index is 14.4. The highest BCUT2D eigenvalue weighted by molar-refractivity contribution is 7.92. The van der Waals surface area contributed by atoms with Gasteiger partial charge >= 0.3 is 6.18 Å². The van der Waals surface area contributed by atoms with Crippen molar-refractivity contribution in [2.45, 2.75) is 71.7 Å². The number of pyridine rings is 1. The lowest BCUT2D eigenvalue weighted by atomic mass is 9.97. The first-order valence-electron chi connectivity index (χ1n) is 12.2. The zero-order chi connectivity index (χ0) is 28.8. The topological polar surface area (TPSA) is 97.4 Å². The van der Waals surface area contributed by atoms with Crippen LogP contribution in [0.2, 0.25) is 0 Å². The Morgan fingerprint density at radius 1 is 1.05 bits per heavy atom. The van der Waals surface area contributed by atoms with E-state index in [1.54, 1.807) is 0 Å². The van der Waals surface area contributed by atoms with Gasteiger partial charge < -0.3 is 10.1 Å². The Hall–Kier alpha value is -2.89. The summed E-state index contributed by atoms with van der Waals surface area (Å²) in [7, 11) is -3.75. The summed E-state index contributed by atoms with van der Waals surface area (Å²) in [6, 6.07) is 3.40. The number of hydrogen-bond donors (Lipinski definition) is 2. The van der Waals surface area contributed by atoms with Gasteiger partial charge in [0.05, 0.1) is 17.9 Å². The van der Waals surface area contributed by atoms with Crippen molar-refractivity contribution in [3.63, 3.8) is 0 Å². The number of benzene rings is 1. The Morgan fingerprint density at radius 3 is 2.16 bits per heavy atom. The fourth-order valence-electron chi connectivity index (χ4n) is 3.96. The summed E-state index contributed by atoms with van der Waals surface area (Å²) in [5, 5.41) is 2.02. The standard InChI is InChI=1S/C26H35F4N3O4S/c1-15(2)12-19(13-16(3)4)37-25-20(8-7-11-31-25)23(26(28,29)30)32-24(34)17(5)18-9-10-22(21(27)14-18)33-38(6,35)36/h7-11,14-17,19,23,33H,12-13H2,1-6H3,(H,32,34). The molecule has 2 aromatic rings. The normalized spacial score (nSPS) is 14.0. The molecule has 0 radical (unpaired) electrons. The first-order chi connectivity index (χ1) is 17.5. The van der Waals surface area contributed by atoms with Gasteiger partial charge in [0.15, 0.2) is 6.04 Å². The molecular formula is C26H35F4N3O4S. The van der Waals surface area contributed by atoms with E-state index in [2.05, 4.69) is 4.98 Å². The molecule has 212 valence electrons. The number of alkyl halides is 3. The number of carbonyl (C=O) groups is 1. The second-order valence-corrected chi connectivity index (χ2v) is 12.0. The van der Waals surface area contributed by atoms with Gasteiger partial charge in [0.1, 0.15) is 11.9 Å². The van der Waals surface area contributed by atoms with E-state index in [1.165, 1.54) is 31.3 Å². The Bertz CT molecular complexity index is 1190. The minimum Gasteiger partial charge on any atom is -0.474 e. The number of nitrogens with one attached hydrogen (secondary N) is 2. The molecule has 1 heterocycles. The van der Waals surface area contributed by atoms with Crippen molar-refractivity contribution in [3.05, 3.63) is 53.5 Å². The zero-order valence-electron chi connectivity index (χ0n) is 22.3.